The first-order chi connectivity index (χ1) is 14.9. The number of hydrogen-bond donors (Lipinski definition) is 1. The number of fused-ring (bicyclic) bond motifs is 1. The van der Waals surface area contributed by atoms with E-state index in [9.17, 15) is 8.78 Å². The minimum absolute atomic E-state index is 0.261. The Morgan fingerprint density at radius 3 is 2.61 bits per heavy atom. The van der Waals surface area contributed by atoms with Crippen molar-refractivity contribution in [3.63, 3.8) is 0 Å². The van der Waals surface area contributed by atoms with Crippen LogP contribution in [0, 0.1) is 10.6 Å². The van der Waals surface area contributed by atoms with Crippen LogP contribution in [0.15, 0.2) is 91.1 Å². The molecule has 3 nitrogen and oxygen atoms in total. The Bertz CT molecular complexity index is 1150. The third-order valence-electron chi connectivity index (χ3n) is 4.76. The number of halogens is 2. The summed E-state index contributed by atoms with van der Waals surface area (Å²) in [5, 5.41) is 3.02. The SMILES string of the molecule is C=C/C=C(\C=C/C)C1(n2cnc(=S)[nH]2)/C=C/C(F)=C\C=C(/C)c2ccc(F)cc21.CC. The fraction of sp³-hybridized carbons (Fsp3) is 0.200. The molecule has 0 fully saturated rings. The number of rotatable bonds is 4. The maximum Gasteiger partial charge on any atom is 0.213 e. The number of aromatic amines is 1. The normalized spacial score (nSPS) is 23.1. The van der Waals surface area contributed by atoms with Gasteiger partial charge in [-0.2, -0.15) is 0 Å². The molecule has 1 aromatic carbocycles. The smallest absolute Gasteiger partial charge is 0.213 e. The lowest BCUT2D eigenvalue weighted by atomic mass is 9.78. The molecule has 1 heterocycles. The van der Waals surface area contributed by atoms with Crippen LogP contribution in [0.1, 0.15) is 38.8 Å². The van der Waals surface area contributed by atoms with Crippen molar-refractivity contribution < 1.29 is 8.78 Å². The zero-order chi connectivity index (χ0) is 23.0. The molecule has 1 atom stereocenters. The number of aromatic nitrogens is 3. The van der Waals surface area contributed by atoms with E-state index in [1.807, 2.05) is 39.8 Å². The van der Waals surface area contributed by atoms with Crippen LogP contribution in [-0.4, -0.2) is 14.8 Å². The molecule has 3 rings (SSSR count). The zero-order valence-corrected chi connectivity index (χ0v) is 19.0. The molecule has 0 bridgehead atoms. The monoisotopic (exact) mass is 439 g/mol. The second-order valence-corrected chi connectivity index (χ2v) is 6.97. The van der Waals surface area contributed by atoms with Gasteiger partial charge in [-0.05, 0) is 78.7 Å². The number of nitrogens with one attached hydrogen (secondary N) is 1. The van der Waals surface area contributed by atoms with Crippen LogP contribution in [0.3, 0.4) is 0 Å². The molecule has 0 spiro atoms. The largest absolute Gasteiger partial charge is 0.270 e. The van der Waals surface area contributed by atoms with Crippen LogP contribution >= 0.6 is 12.2 Å². The molecule has 31 heavy (non-hydrogen) atoms. The van der Waals surface area contributed by atoms with Gasteiger partial charge >= 0.3 is 0 Å². The van der Waals surface area contributed by atoms with Crippen LogP contribution in [0.2, 0.25) is 0 Å². The van der Waals surface area contributed by atoms with Gasteiger partial charge in [0, 0.05) is 0 Å². The number of allylic oxidation sites excluding steroid dienone is 11. The molecule has 0 amide bonds. The third-order valence-corrected chi connectivity index (χ3v) is 4.96. The van der Waals surface area contributed by atoms with E-state index in [0.717, 1.165) is 16.7 Å². The fourth-order valence-corrected chi connectivity index (χ4v) is 3.63. The van der Waals surface area contributed by atoms with Crippen molar-refractivity contribution in [1.82, 2.24) is 14.8 Å². The van der Waals surface area contributed by atoms with Gasteiger partial charge in [0.25, 0.3) is 0 Å². The Balaban J connectivity index is 0.00000166. The van der Waals surface area contributed by atoms with Crippen LogP contribution in [0.25, 0.3) is 5.57 Å². The number of nitrogens with zero attached hydrogens (tertiary/aromatic N) is 2. The molecule has 6 heteroatoms. The summed E-state index contributed by atoms with van der Waals surface area (Å²) in [7, 11) is 0. The molecule has 162 valence electrons. The first-order valence-corrected chi connectivity index (χ1v) is 10.5. The average Bonchev–Trinajstić information content (AvgIpc) is 3.21. The number of H-pyrrole nitrogens is 1. The first-order valence-electron chi connectivity index (χ1n) is 10.1. The Morgan fingerprint density at radius 2 is 2.00 bits per heavy atom. The molecule has 1 aliphatic rings. The van der Waals surface area contributed by atoms with Gasteiger partial charge in [-0.25, -0.2) is 13.8 Å². The van der Waals surface area contributed by atoms with E-state index >= 15 is 0 Å². The highest BCUT2D eigenvalue weighted by molar-refractivity contribution is 7.71. The van der Waals surface area contributed by atoms with E-state index in [0.29, 0.717) is 5.56 Å². The fourth-order valence-electron chi connectivity index (χ4n) is 3.48. The maximum atomic E-state index is 14.5. The molecular formula is C25H27F2N3S. The van der Waals surface area contributed by atoms with Crippen LogP contribution < -0.4 is 0 Å². The van der Waals surface area contributed by atoms with Gasteiger partial charge in [0.05, 0.1) is 0 Å². The van der Waals surface area contributed by atoms with E-state index < -0.39 is 17.2 Å². The van der Waals surface area contributed by atoms with Crippen molar-refractivity contribution in [3.05, 3.63) is 113 Å². The summed E-state index contributed by atoms with van der Waals surface area (Å²) in [5.74, 6) is -0.835. The Labute approximate surface area is 187 Å². The molecule has 0 radical (unpaired) electrons. The summed E-state index contributed by atoms with van der Waals surface area (Å²) in [6.45, 7) is 11.5. The first kappa shape index (κ1) is 24.2. The predicted octanol–water partition coefficient (Wildman–Crippen LogP) is 7.36. The topological polar surface area (TPSA) is 33.6 Å². The minimum Gasteiger partial charge on any atom is -0.270 e. The van der Waals surface area contributed by atoms with Crippen molar-refractivity contribution in [2.75, 3.05) is 0 Å². The van der Waals surface area contributed by atoms with Gasteiger partial charge in [-0.1, -0.05) is 56.9 Å². The van der Waals surface area contributed by atoms with Crippen LogP contribution in [-0.2, 0) is 5.54 Å². The van der Waals surface area contributed by atoms with E-state index in [2.05, 4.69) is 16.7 Å². The second-order valence-electron chi connectivity index (χ2n) is 6.58. The van der Waals surface area contributed by atoms with Crippen LogP contribution in [0.4, 0.5) is 8.78 Å². The summed E-state index contributed by atoms with van der Waals surface area (Å²) in [6.07, 6.45) is 14.8. The van der Waals surface area contributed by atoms with E-state index in [4.69, 9.17) is 12.2 Å². The Hall–Kier alpha value is -3.12. The zero-order valence-electron chi connectivity index (χ0n) is 18.2. The average molecular weight is 440 g/mol. The third kappa shape index (κ3) is 4.97. The molecular weight excluding hydrogens is 412 g/mol. The molecule has 0 aliphatic heterocycles. The molecule has 1 aliphatic carbocycles. The van der Waals surface area contributed by atoms with Gasteiger partial charge in [0.15, 0.2) is 0 Å². The van der Waals surface area contributed by atoms with Gasteiger partial charge < -0.3 is 0 Å². The van der Waals surface area contributed by atoms with E-state index in [-0.39, 0.29) is 4.77 Å². The highest BCUT2D eigenvalue weighted by Crippen LogP contribution is 2.41. The lowest BCUT2D eigenvalue weighted by Gasteiger charge is -2.35. The number of benzene rings is 1. The lowest BCUT2D eigenvalue weighted by Crippen LogP contribution is -2.36. The van der Waals surface area contributed by atoms with Gasteiger partial charge in [-0.15, -0.1) is 0 Å². The minimum atomic E-state index is -1.15. The molecule has 2 aromatic rings. The molecule has 0 saturated carbocycles. The van der Waals surface area contributed by atoms with Crippen molar-refractivity contribution in [1.29, 1.82) is 0 Å². The molecule has 1 aromatic heterocycles. The summed E-state index contributed by atoms with van der Waals surface area (Å²) < 4.78 is 30.9. The summed E-state index contributed by atoms with van der Waals surface area (Å²) in [5.41, 5.74) is 1.76. The van der Waals surface area contributed by atoms with Gasteiger partial charge in [0.1, 0.15) is 23.5 Å². The lowest BCUT2D eigenvalue weighted by molar-refractivity contribution is 0.467. The molecule has 0 saturated heterocycles. The summed E-state index contributed by atoms with van der Waals surface area (Å²) in [6, 6.07) is 4.55. The van der Waals surface area contributed by atoms with Crippen LogP contribution in [0.5, 0.6) is 0 Å². The Kier molecular flexibility index (Phi) is 8.39. The number of hydrogen-bond acceptors (Lipinski definition) is 2. The van der Waals surface area contributed by atoms with E-state index in [1.54, 1.807) is 35.1 Å². The summed E-state index contributed by atoms with van der Waals surface area (Å²) >= 11 is 5.19. The standard InChI is InChI=1S/C23H21F2N3S.C2H6/c1-4-6-17(7-5-2)23(28-15-26-22(29)27-28)13-12-18(24)9-8-16(3)20-11-10-19(25)14-21(20)23;1-2/h4-15H,1H2,2-3H3,(H,27,29);1-2H3/b7-5-,13-12+,16-8+,17-6+,18-9+;. The predicted molar refractivity (Wildman–Crippen MR) is 127 cm³/mol. The molecule has 1 unspecified atom stereocenters. The summed E-state index contributed by atoms with van der Waals surface area (Å²) in [4.78, 5) is 4.14. The van der Waals surface area contributed by atoms with Crippen molar-refractivity contribution in [2.45, 2.75) is 33.2 Å². The Morgan fingerprint density at radius 1 is 1.26 bits per heavy atom. The molecule has 1 N–H and O–H groups in total. The van der Waals surface area contributed by atoms with Crippen molar-refractivity contribution >= 4 is 17.8 Å². The quantitative estimate of drug-likeness (QED) is 0.399. The van der Waals surface area contributed by atoms with Crippen molar-refractivity contribution in [3.8, 4) is 0 Å². The van der Waals surface area contributed by atoms with E-state index in [1.165, 1.54) is 30.6 Å². The second kappa shape index (κ2) is 10.8. The van der Waals surface area contributed by atoms with Crippen molar-refractivity contribution in [2.24, 2.45) is 0 Å². The highest BCUT2D eigenvalue weighted by atomic mass is 32.1. The highest BCUT2D eigenvalue weighted by Gasteiger charge is 2.38. The van der Waals surface area contributed by atoms with Gasteiger partial charge in [0.2, 0.25) is 4.77 Å². The van der Waals surface area contributed by atoms with Gasteiger partial charge in [-0.3, -0.25) is 9.78 Å². The maximum absolute atomic E-state index is 14.5.